The van der Waals surface area contributed by atoms with E-state index in [0.717, 1.165) is 0 Å². The Morgan fingerprint density at radius 1 is 1.12 bits per heavy atom. The van der Waals surface area contributed by atoms with E-state index < -0.39 is 0 Å². The lowest BCUT2D eigenvalue weighted by Gasteiger charge is -2.13. The molecule has 0 amide bonds. The van der Waals surface area contributed by atoms with Crippen molar-refractivity contribution in [3.63, 3.8) is 0 Å². The molecule has 0 spiro atoms. The zero-order valence-electron chi connectivity index (χ0n) is 9.55. The normalized spacial score (nSPS) is 11.5. The number of thiophene rings is 1. The molecule has 0 bridgehead atoms. The van der Waals surface area contributed by atoms with Crippen molar-refractivity contribution in [2.45, 2.75) is 6.92 Å². The molecular weight excluding hydrogens is 214 g/mol. The van der Waals surface area contributed by atoms with Crippen LogP contribution in [0.3, 0.4) is 0 Å². The van der Waals surface area contributed by atoms with Gasteiger partial charge in [-0.3, -0.25) is 0 Å². The summed E-state index contributed by atoms with van der Waals surface area (Å²) in [6.45, 7) is 2.14. The number of benzene rings is 1. The Hall–Kier alpha value is -1.54. The van der Waals surface area contributed by atoms with Crippen molar-refractivity contribution < 1.29 is 0 Å². The molecule has 0 unspecified atom stereocenters. The molecule has 0 aliphatic carbocycles. The highest BCUT2D eigenvalue weighted by atomic mass is 32.1. The monoisotopic (exact) mass is 229 g/mol. The summed E-state index contributed by atoms with van der Waals surface area (Å²) in [5, 5.41) is 3.35. The maximum atomic E-state index is 2.17. The van der Waals surface area contributed by atoms with Crippen LogP contribution in [0.4, 0.5) is 5.00 Å². The molecule has 16 heavy (non-hydrogen) atoms. The summed E-state index contributed by atoms with van der Waals surface area (Å²) in [7, 11) is 2.08. The fourth-order valence-corrected chi connectivity index (χ4v) is 2.27. The number of hydrogen-bond donors (Lipinski definition) is 0. The van der Waals surface area contributed by atoms with Gasteiger partial charge in [-0.15, -0.1) is 11.3 Å². The van der Waals surface area contributed by atoms with Gasteiger partial charge in [0, 0.05) is 13.2 Å². The Morgan fingerprint density at radius 2 is 1.88 bits per heavy atom. The SMILES string of the molecule is CC(=CN(C)c1cccs1)c1ccccc1. The first kappa shape index (κ1) is 11.0. The Labute approximate surface area is 101 Å². The molecule has 82 valence electrons. The molecule has 2 heteroatoms. The van der Waals surface area contributed by atoms with Crippen molar-refractivity contribution in [2.75, 3.05) is 11.9 Å². The third kappa shape index (κ3) is 2.52. The largest absolute Gasteiger partial charge is 0.343 e. The smallest absolute Gasteiger partial charge is 0.0945 e. The van der Waals surface area contributed by atoms with Crippen molar-refractivity contribution in [3.8, 4) is 0 Å². The number of anilines is 1. The third-order valence-electron chi connectivity index (χ3n) is 2.47. The van der Waals surface area contributed by atoms with Gasteiger partial charge in [-0.1, -0.05) is 30.3 Å². The summed E-state index contributed by atoms with van der Waals surface area (Å²) in [5.74, 6) is 0. The van der Waals surface area contributed by atoms with Crippen molar-refractivity contribution in [2.24, 2.45) is 0 Å². The Kier molecular flexibility index (Phi) is 3.42. The average molecular weight is 229 g/mol. The van der Waals surface area contributed by atoms with Crippen LogP contribution >= 0.6 is 11.3 Å². The van der Waals surface area contributed by atoms with Gasteiger partial charge in [0.05, 0.1) is 5.00 Å². The van der Waals surface area contributed by atoms with Gasteiger partial charge in [0.25, 0.3) is 0 Å². The molecule has 0 atom stereocenters. The summed E-state index contributed by atoms with van der Waals surface area (Å²) in [4.78, 5) is 2.16. The highest BCUT2D eigenvalue weighted by Gasteiger charge is 2.00. The van der Waals surface area contributed by atoms with E-state index in [2.05, 4.69) is 66.8 Å². The van der Waals surface area contributed by atoms with E-state index in [1.54, 1.807) is 11.3 Å². The lowest BCUT2D eigenvalue weighted by atomic mass is 10.1. The molecular formula is C14H15NS. The van der Waals surface area contributed by atoms with Gasteiger partial charge in [-0.05, 0) is 35.6 Å². The second-order valence-corrected chi connectivity index (χ2v) is 4.67. The van der Waals surface area contributed by atoms with E-state index >= 15 is 0 Å². The van der Waals surface area contributed by atoms with Gasteiger partial charge in [0.15, 0.2) is 0 Å². The van der Waals surface area contributed by atoms with Gasteiger partial charge in [-0.2, -0.15) is 0 Å². The first-order valence-electron chi connectivity index (χ1n) is 5.27. The number of rotatable bonds is 3. The van der Waals surface area contributed by atoms with E-state index in [4.69, 9.17) is 0 Å². The molecule has 1 heterocycles. The van der Waals surface area contributed by atoms with Crippen molar-refractivity contribution >= 4 is 21.9 Å². The minimum absolute atomic E-state index is 1.26. The van der Waals surface area contributed by atoms with E-state index in [0.29, 0.717) is 0 Å². The fourth-order valence-electron chi connectivity index (χ4n) is 1.60. The van der Waals surface area contributed by atoms with Crippen LogP contribution in [-0.2, 0) is 0 Å². The minimum atomic E-state index is 1.26. The summed E-state index contributed by atoms with van der Waals surface area (Å²) < 4.78 is 0. The molecule has 2 rings (SSSR count). The van der Waals surface area contributed by atoms with Gasteiger partial charge in [-0.25, -0.2) is 0 Å². The maximum Gasteiger partial charge on any atom is 0.0945 e. The Bertz CT molecular complexity index is 457. The molecule has 0 aliphatic rings. The highest BCUT2D eigenvalue weighted by molar-refractivity contribution is 7.14. The van der Waals surface area contributed by atoms with Crippen LogP contribution in [0.2, 0.25) is 0 Å². The van der Waals surface area contributed by atoms with Gasteiger partial charge in [0.1, 0.15) is 0 Å². The first-order chi connectivity index (χ1) is 7.77. The molecule has 0 radical (unpaired) electrons. The second kappa shape index (κ2) is 4.99. The Balaban J connectivity index is 2.19. The fraction of sp³-hybridized carbons (Fsp3) is 0.143. The molecule has 2 aromatic rings. The number of allylic oxidation sites excluding steroid dienone is 1. The lowest BCUT2D eigenvalue weighted by Crippen LogP contribution is -2.06. The standard InChI is InChI=1S/C14H15NS/c1-12(13-7-4-3-5-8-13)11-15(2)14-9-6-10-16-14/h3-11H,1-2H3. The van der Waals surface area contributed by atoms with Crippen LogP contribution in [0.25, 0.3) is 5.57 Å². The zero-order valence-corrected chi connectivity index (χ0v) is 10.4. The second-order valence-electron chi connectivity index (χ2n) is 3.74. The van der Waals surface area contributed by atoms with Crippen LogP contribution in [-0.4, -0.2) is 7.05 Å². The predicted octanol–water partition coefficient (Wildman–Crippen LogP) is 4.25. The lowest BCUT2D eigenvalue weighted by molar-refractivity contribution is 1.23. The first-order valence-corrected chi connectivity index (χ1v) is 6.15. The molecule has 0 saturated carbocycles. The summed E-state index contributed by atoms with van der Waals surface area (Å²) in [5.41, 5.74) is 2.54. The summed E-state index contributed by atoms with van der Waals surface area (Å²) in [6, 6.07) is 14.6. The molecule has 1 aromatic carbocycles. The van der Waals surface area contributed by atoms with E-state index in [1.807, 2.05) is 6.07 Å². The minimum Gasteiger partial charge on any atom is -0.343 e. The molecule has 0 saturated heterocycles. The molecule has 0 fully saturated rings. The van der Waals surface area contributed by atoms with Crippen molar-refractivity contribution in [1.29, 1.82) is 0 Å². The highest BCUT2D eigenvalue weighted by Crippen LogP contribution is 2.22. The van der Waals surface area contributed by atoms with E-state index in [9.17, 15) is 0 Å². The quantitative estimate of drug-likeness (QED) is 0.760. The van der Waals surface area contributed by atoms with Crippen molar-refractivity contribution in [1.82, 2.24) is 0 Å². The van der Waals surface area contributed by atoms with Crippen LogP contribution < -0.4 is 4.90 Å². The van der Waals surface area contributed by atoms with Gasteiger partial charge < -0.3 is 4.90 Å². The van der Waals surface area contributed by atoms with Gasteiger partial charge in [0.2, 0.25) is 0 Å². The van der Waals surface area contributed by atoms with Crippen LogP contribution in [0.1, 0.15) is 12.5 Å². The average Bonchev–Trinajstić information content (AvgIpc) is 2.83. The third-order valence-corrected chi connectivity index (χ3v) is 3.43. The summed E-state index contributed by atoms with van der Waals surface area (Å²) in [6.07, 6.45) is 2.17. The zero-order chi connectivity index (χ0) is 11.4. The maximum absolute atomic E-state index is 2.17. The van der Waals surface area contributed by atoms with Crippen molar-refractivity contribution in [3.05, 3.63) is 59.6 Å². The molecule has 1 nitrogen and oxygen atoms in total. The number of hydrogen-bond acceptors (Lipinski definition) is 2. The van der Waals surface area contributed by atoms with E-state index in [-0.39, 0.29) is 0 Å². The summed E-state index contributed by atoms with van der Waals surface area (Å²) >= 11 is 1.75. The molecule has 1 aromatic heterocycles. The predicted molar refractivity (Wildman–Crippen MR) is 72.8 cm³/mol. The van der Waals surface area contributed by atoms with Gasteiger partial charge >= 0.3 is 0 Å². The Morgan fingerprint density at radius 3 is 2.50 bits per heavy atom. The van der Waals surface area contributed by atoms with Crippen LogP contribution in [0, 0.1) is 0 Å². The molecule has 0 N–H and O–H groups in total. The van der Waals surface area contributed by atoms with Crippen LogP contribution in [0.15, 0.2) is 54.0 Å². The van der Waals surface area contributed by atoms with Crippen LogP contribution in [0.5, 0.6) is 0 Å². The number of nitrogens with zero attached hydrogens (tertiary/aromatic N) is 1. The topological polar surface area (TPSA) is 3.24 Å². The van der Waals surface area contributed by atoms with E-state index in [1.165, 1.54) is 16.1 Å². The molecule has 0 aliphatic heterocycles.